The molecule has 0 heterocycles. The Morgan fingerprint density at radius 1 is 1.18 bits per heavy atom. The zero-order valence-electron chi connectivity index (χ0n) is 10.4. The summed E-state index contributed by atoms with van der Waals surface area (Å²) in [6, 6.07) is 2.94. The highest BCUT2D eigenvalue weighted by molar-refractivity contribution is 6.35. The highest BCUT2D eigenvalue weighted by atomic mass is 35.5. The van der Waals surface area contributed by atoms with E-state index < -0.39 is 5.41 Å². The lowest BCUT2D eigenvalue weighted by molar-refractivity contribution is 0.0716. The first-order chi connectivity index (χ1) is 7.84. The zero-order chi connectivity index (χ0) is 13.0. The molecule has 0 fully saturated rings. The summed E-state index contributed by atoms with van der Waals surface area (Å²) >= 11 is 6.03. The molecule has 0 saturated carbocycles. The first-order valence-corrected chi connectivity index (χ1v) is 6.04. The normalized spacial score (nSPS) is 23.1. The number of carbonyl (C=O) groups is 2. The van der Waals surface area contributed by atoms with Crippen molar-refractivity contribution in [2.45, 2.75) is 34.1 Å². The molecule has 0 aromatic heterocycles. The molecule has 0 N–H and O–H groups in total. The van der Waals surface area contributed by atoms with E-state index >= 15 is 0 Å². The minimum atomic E-state index is -0.920. The Hall–Kier alpha value is -1.15. The van der Waals surface area contributed by atoms with Crippen molar-refractivity contribution in [2.75, 3.05) is 0 Å². The standard InChI is InChI=1S/C14H14ClO2/c1-5-14(4)12(16)10-7(2)6-9(15)8(3)11(10)13(14)17/h5H2,1-4H3. The molecule has 1 aliphatic carbocycles. The predicted octanol–water partition coefficient (Wildman–Crippen LogP) is 3.55. The molecule has 1 aromatic rings. The van der Waals surface area contributed by atoms with Crippen molar-refractivity contribution in [1.82, 2.24) is 0 Å². The lowest BCUT2D eigenvalue weighted by atomic mass is 9.82. The molecule has 89 valence electrons. The van der Waals surface area contributed by atoms with Gasteiger partial charge in [-0.3, -0.25) is 9.59 Å². The summed E-state index contributed by atoms with van der Waals surface area (Å²) in [4.78, 5) is 24.8. The minimum absolute atomic E-state index is 0.0893. The average molecular weight is 250 g/mol. The molecule has 2 nitrogen and oxygen atoms in total. The van der Waals surface area contributed by atoms with Gasteiger partial charge in [0.15, 0.2) is 11.6 Å². The fourth-order valence-electron chi connectivity index (χ4n) is 2.35. The number of rotatable bonds is 1. The molecule has 0 bridgehead atoms. The van der Waals surface area contributed by atoms with Crippen LogP contribution in [-0.2, 0) is 0 Å². The van der Waals surface area contributed by atoms with Crippen LogP contribution in [-0.4, -0.2) is 11.6 Å². The lowest BCUT2D eigenvalue weighted by Gasteiger charge is -2.17. The molecule has 1 aromatic carbocycles. The summed E-state index contributed by atoms with van der Waals surface area (Å²) in [5.74, 6) is -0.190. The van der Waals surface area contributed by atoms with Gasteiger partial charge in [0.25, 0.3) is 0 Å². The maximum atomic E-state index is 12.4. The highest BCUT2D eigenvalue weighted by Crippen LogP contribution is 2.43. The summed E-state index contributed by atoms with van der Waals surface area (Å²) in [5.41, 5.74) is 1.44. The number of Topliss-reactive ketones (excluding diaryl/α,β-unsaturated/α-hetero) is 2. The van der Waals surface area contributed by atoms with Crippen molar-refractivity contribution in [3.63, 3.8) is 0 Å². The smallest absolute Gasteiger partial charge is 0.177 e. The fraction of sp³-hybridized carbons (Fsp3) is 0.429. The zero-order valence-corrected chi connectivity index (χ0v) is 11.2. The van der Waals surface area contributed by atoms with E-state index in [2.05, 4.69) is 6.07 Å². The average Bonchev–Trinajstić information content (AvgIpc) is 2.49. The number of halogens is 1. The van der Waals surface area contributed by atoms with Crippen LogP contribution in [0.2, 0.25) is 5.02 Å². The van der Waals surface area contributed by atoms with E-state index in [1.807, 2.05) is 6.92 Å². The van der Waals surface area contributed by atoms with Crippen molar-refractivity contribution in [2.24, 2.45) is 5.41 Å². The van der Waals surface area contributed by atoms with Gasteiger partial charge >= 0.3 is 0 Å². The van der Waals surface area contributed by atoms with Gasteiger partial charge in [0.2, 0.25) is 0 Å². The Morgan fingerprint density at radius 2 is 1.71 bits per heavy atom. The maximum Gasteiger partial charge on any atom is 0.177 e. The Bertz CT molecular complexity index is 546. The number of hydrogen-bond acceptors (Lipinski definition) is 2. The summed E-state index contributed by atoms with van der Waals surface area (Å²) in [5, 5.41) is 0.433. The van der Waals surface area contributed by atoms with Crippen LogP contribution in [0.15, 0.2) is 0 Å². The lowest BCUT2D eigenvalue weighted by Crippen LogP contribution is -2.28. The third-order valence-electron chi connectivity index (χ3n) is 3.79. The monoisotopic (exact) mass is 249 g/mol. The molecule has 0 amide bonds. The van der Waals surface area contributed by atoms with E-state index in [4.69, 9.17) is 11.6 Å². The van der Waals surface area contributed by atoms with E-state index in [-0.39, 0.29) is 11.6 Å². The molecule has 1 radical (unpaired) electrons. The second-order valence-electron chi connectivity index (χ2n) is 4.78. The molecule has 0 saturated heterocycles. The Balaban J connectivity index is 2.83. The molecular formula is C14H14ClO2. The van der Waals surface area contributed by atoms with Crippen molar-refractivity contribution >= 4 is 23.2 Å². The first kappa shape index (κ1) is 12.3. The van der Waals surface area contributed by atoms with Crippen LogP contribution in [0, 0.1) is 25.3 Å². The third-order valence-corrected chi connectivity index (χ3v) is 4.17. The molecule has 0 aliphatic heterocycles. The van der Waals surface area contributed by atoms with E-state index in [1.165, 1.54) is 0 Å². The summed E-state index contributed by atoms with van der Waals surface area (Å²) in [6.45, 7) is 7.11. The van der Waals surface area contributed by atoms with Gasteiger partial charge in [0.05, 0.1) is 10.4 Å². The van der Waals surface area contributed by atoms with Gasteiger partial charge in [-0.2, -0.15) is 0 Å². The molecule has 0 spiro atoms. The van der Waals surface area contributed by atoms with Gasteiger partial charge < -0.3 is 0 Å². The van der Waals surface area contributed by atoms with E-state index in [9.17, 15) is 9.59 Å². The number of carbonyl (C=O) groups excluding carboxylic acids is 2. The topological polar surface area (TPSA) is 34.1 Å². The first-order valence-electron chi connectivity index (χ1n) is 5.66. The molecule has 3 heteroatoms. The fourth-order valence-corrected chi connectivity index (χ4v) is 2.59. The Kier molecular flexibility index (Phi) is 2.66. The Labute approximate surface area is 106 Å². The largest absolute Gasteiger partial charge is 0.293 e. The van der Waals surface area contributed by atoms with Crippen LogP contribution in [0.5, 0.6) is 0 Å². The summed E-state index contributed by atoms with van der Waals surface area (Å²) < 4.78 is 0. The van der Waals surface area contributed by atoms with Gasteiger partial charge in [-0.05, 0) is 38.3 Å². The van der Waals surface area contributed by atoms with Crippen molar-refractivity contribution in [3.05, 3.63) is 33.3 Å². The van der Waals surface area contributed by atoms with Crippen LogP contribution >= 0.6 is 11.6 Å². The Morgan fingerprint density at radius 3 is 2.24 bits per heavy atom. The number of ketones is 2. The SMILES string of the molecule is CCC1(C)C(=O)c2c(C)[c]c(Cl)c(C)c2C1=O. The molecular weight excluding hydrogens is 236 g/mol. The number of benzene rings is 1. The van der Waals surface area contributed by atoms with Crippen LogP contribution < -0.4 is 0 Å². The van der Waals surface area contributed by atoms with Crippen LogP contribution in [0.3, 0.4) is 0 Å². The third kappa shape index (κ3) is 1.40. The summed E-state index contributed by atoms with van der Waals surface area (Å²) in [6.07, 6.45) is 0.510. The highest BCUT2D eigenvalue weighted by Gasteiger charge is 2.49. The van der Waals surface area contributed by atoms with Gasteiger partial charge in [-0.15, -0.1) is 0 Å². The number of fused-ring (bicyclic) bond motifs is 1. The molecule has 2 rings (SSSR count). The quantitative estimate of drug-likeness (QED) is 0.714. The van der Waals surface area contributed by atoms with Gasteiger partial charge in [-0.1, -0.05) is 18.5 Å². The number of hydrogen-bond donors (Lipinski definition) is 0. The van der Waals surface area contributed by atoms with Gasteiger partial charge in [0.1, 0.15) is 0 Å². The van der Waals surface area contributed by atoms with Crippen LogP contribution in [0.4, 0.5) is 0 Å². The second kappa shape index (κ2) is 3.67. The molecule has 1 atom stereocenters. The molecule has 1 aliphatic rings. The second-order valence-corrected chi connectivity index (χ2v) is 5.16. The van der Waals surface area contributed by atoms with Gasteiger partial charge in [-0.25, -0.2) is 0 Å². The van der Waals surface area contributed by atoms with E-state index in [0.717, 1.165) is 0 Å². The predicted molar refractivity (Wildman–Crippen MR) is 66.8 cm³/mol. The van der Waals surface area contributed by atoms with Crippen molar-refractivity contribution < 1.29 is 9.59 Å². The van der Waals surface area contributed by atoms with Crippen molar-refractivity contribution in [1.29, 1.82) is 0 Å². The maximum absolute atomic E-state index is 12.4. The van der Waals surface area contributed by atoms with Crippen molar-refractivity contribution in [3.8, 4) is 0 Å². The number of aryl methyl sites for hydroxylation is 1. The molecule has 17 heavy (non-hydrogen) atoms. The van der Waals surface area contributed by atoms with E-state index in [0.29, 0.717) is 33.7 Å². The van der Waals surface area contributed by atoms with Crippen LogP contribution in [0.1, 0.15) is 52.1 Å². The van der Waals surface area contributed by atoms with E-state index in [1.54, 1.807) is 20.8 Å². The van der Waals surface area contributed by atoms with Gasteiger partial charge in [0, 0.05) is 17.2 Å². The minimum Gasteiger partial charge on any atom is -0.293 e. The summed E-state index contributed by atoms with van der Waals surface area (Å²) in [7, 11) is 0. The molecule has 1 unspecified atom stereocenters. The van der Waals surface area contributed by atoms with Crippen LogP contribution in [0.25, 0.3) is 0 Å².